The third-order valence-electron chi connectivity index (χ3n) is 7.53. The van der Waals surface area contributed by atoms with Crippen molar-refractivity contribution in [2.45, 2.75) is 71.3 Å². The van der Waals surface area contributed by atoms with Gasteiger partial charge in [-0.2, -0.15) is 0 Å². The molecule has 0 atom stereocenters. The first-order valence-corrected chi connectivity index (χ1v) is 14.7. The van der Waals surface area contributed by atoms with Crippen LogP contribution in [0.25, 0.3) is 0 Å². The summed E-state index contributed by atoms with van der Waals surface area (Å²) >= 11 is 10.4. The summed E-state index contributed by atoms with van der Waals surface area (Å²) in [5, 5.41) is 0.407. The van der Waals surface area contributed by atoms with E-state index in [-0.39, 0.29) is 11.6 Å². The number of allylic oxidation sites excluding steroid dienone is 4. The van der Waals surface area contributed by atoms with Gasteiger partial charge in [0.25, 0.3) is 0 Å². The number of nitrogens with zero attached hydrogens (tertiary/aromatic N) is 1. The summed E-state index contributed by atoms with van der Waals surface area (Å²) in [6, 6.07) is 11.7. The van der Waals surface area contributed by atoms with Gasteiger partial charge in [0.2, 0.25) is 0 Å². The van der Waals surface area contributed by atoms with E-state index in [2.05, 4.69) is 27.8 Å². The summed E-state index contributed by atoms with van der Waals surface area (Å²) in [5.74, 6) is 0.817. The van der Waals surface area contributed by atoms with Crippen LogP contribution in [0, 0.1) is 0 Å². The van der Waals surface area contributed by atoms with Crippen LogP contribution in [-0.4, -0.2) is 29.6 Å². The smallest absolute Gasteiger partial charge is 0.180 e. The van der Waals surface area contributed by atoms with Crippen LogP contribution in [-0.2, 0) is 16.2 Å². The first-order chi connectivity index (χ1) is 18.4. The summed E-state index contributed by atoms with van der Waals surface area (Å²) < 4.78 is 13.2. The maximum absolute atomic E-state index is 13.5. The van der Waals surface area contributed by atoms with Gasteiger partial charge >= 0.3 is 0 Å². The van der Waals surface area contributed by atoms with E-state index in [0.717, 1.165) is 76.8 Å². The number of benzene rings is 2. The fourth-order valence-corrected chi connectivity index (χ4v) is 6.64. The number of hydrogen-bond donors (Lipinski definition) is 0. The number of Topliss-reactive ketones (excluding diaryl/α,β-unsaturated/α-hetero) is 2. The normalized spacial score (nSPS) is 18.1. The Labute approximate surface area is 238 Å². The van der Waals surface area contributed by atoms with Gasteiger partial charge in [0.05, 0.1) is 11.6 Å². The zero-order valence-electron chi connectivity index (χ0n) is 21.9. The molecule has 0 aromatic heterocycles. The topological polar surface area (TPSA) is 55.8 Å². The molecule has 0 N–H and O–H groups in total. The van der Waals surface area contributed by atoms with Crippen LogP contribution in [0.5, 0.6) is 11.5 Å². The highest BCUT2D eigenvalue weighted by atomic mass is 79.9. The van der Waals surface area contributed by atoms with Gasteiger partial charge in [0, 0.05) is 57.9 Å². The Balaban J connectivity index is 1.62. The molecular formula is C31H33BrClNO4. The molecule has 1 heterocycles. The number of carbonyl (C=O) groups is 2. The number of ether oxygens (including phenoxy) is 2. The van der Waals surface area contributed by atoms with Crippen molar-refractivity contribution in [1.82, 2.24) is 4.90 Å². The van der Waals surface area contributed by atoms with Crippen LogP contribution < -0.4 is 9.47 Å². The minimum Gasteiger partial charge on any atom is -0.490 e. The Morgan fingerprint density at radius 3 is 2.21 bits per heavy atom. The molecule has 0 amide bonds. The number of rotatable bonds is 8. The van der Waals surface area contributed by atoms with Crippen molar-refractivity contribution in [1.29, 1.82) is 0 Å². The van der Waals surface area contributed by atoms with Crippen LogP contribution in [0.4, 0.5) is 0 Å². The van der Waals surface area contributed by atoms with E-state index in [1.165, 1.54) is 0 Å². The van der Waals surface area contributed by atoms with E-state index in [0.29, 0.717) is 42.6 Å². The largest absolute Gasteiger partial charge is 0.490 e. The molecule has 2 aliphatic carbocycles. The van der Waals surface area contributed by atoms with Gasteiger partial charge in [-0.15, -0.1) is 0 Å². The molecular weight excluding hydrogens is 566 g/mol. The average Bonchev–Trinajstić information content (AvgIpc) is 2.90. The molecule has 0 bridgehead atoms. The maximum Gasteiger partial charge on any atom is 0.180 e. The molecule has 0 saturated heterocycles. The maximum atomic E-state index is 13.5. The molecule has 0 spiro atoms. The summed E-state index contributed by atoms with van der Waals surface area (Å²) in [5.41, 5.74) is 5.50. The predicted octanol–water partition coefficient (Wildman–Crippen LogP) is 7.90. The van der Waals surface area contributed by atoms with E-state index in [4.69, 9.17) is 21.1 Å². The first kappa shape index (κ1) is 27.0. The summed E-state index contributed by atoms with van der Waals surface area (Å²) in [6.07, 6.45) is 5.34. The highest BCUT2D eigenvalue weighted by Gasteiger charge is 2.43. The Morgan fingerprint density at radius 1 is 0.947 bits per heavy atom. The second-order valence-corrected chi connectivity index (χ2v) is 11.3. The highest BCUT2D eigenvalue weighted by molar-refractivity contribution is 9.10. The van der Waals surface area contributed by atoms with Crippen LogP contribution >= 0.6 is 27.5 Å². The van der Waals surface area contributed by atoms with Crippen molar-refractivity contribution in [2.75, 3.05) is 13.2 Å². The molecule has 7 heteroatoms. The Bertz CT molecular complexity index is 1290. The highest BCUT2D eigenvalue weighted by Crippen LogP contribution is 2.51. The number of hydrogen-bond acceptors (Lipinski definition) is 5. The molecule has 0 unspecified atom stereocenters. The first-order valence-electron chi connectivity index (χ1n) is 13.6. The molecule has 3 aliphatic rings. The Morgan fingerprint density at radius 2 is 1.61 bits per heavy atom. The Kier molecular flexibility index (Phi) is 8.29. The Hall–Kier alpha value is -2.57. The van der Waals surface area contributed by atoms with Gasteiger partial charge in [-0.3, -0.25) is 9.59 Å². The van der Waals surface area contributed by atoms with Gasteiger partial charge < -0.3 is 14.4 Å². The van der Waals surface area contributed by atoms with Gasteiger partial charge in [0.1, 0.15) is 6.61 Å². The lowest BCUT2D eigenvalue weighted by atomic mass is 9.71. The fourth-order valence-electron chi connectivity index (χ4n) is 5.97. The zero-order valence-corrected chi connectivity index (χ0v) is 24.3. The van der Waals surface area contributed by atoms with Crippen molar-refractivity contribution in [2.24, 2.45) is 0 Å². The predicted molar refractivity (Wildman–Crippen MR) is 153 cm³/mol. The van der Waals surface area contributed by atoms with Gasteiger partial charge in [-0.05, 0) is 62.8 Å². The molecule has 200 valence electrons. The van der Waals surface area contributed by atoms with E-state index >= 15 is 0 Å². The summed E-state index contributed by atoms with van der Waals surface area (Å²) in [4.78, 5) is 29.3. The van der Waals surface area contributed by atoms with Crippen LogP contribution in [0.2, 0.25) is 5.02 Å². The zero-order chi connectivity index (χ0) is 26.8. The van der Waals surface area contributed by atoms with Crippen molar-refractivity contribution in [3.63, 3.8) is 0 Å². The standard InChI is InChI=1S/C31H33BrClNO4/c1-3-15-34-23-11-7-13-25(35)29(23)28(30-24(34)12-8-14-26(30)36)20-16-22(33)31(27(17-20)37-4-2)38-18-19-9-5-6-10-21(19)32/h5-6,9-10,16-17,28H,3-4,7-8,11-15,18H2,1-2H3. The average molecular weight is 599 g/mol. The molecule has 5 rings (SSSR count). The van der Waals surface area contributed by atoms with Gasteiger partial charge in [0.15, 0.2) is 23.1 Å². The molecule has 0 radical (unpaired) electrons. The lowest BCUT2D eigenvalue weighted by Crippen LogP contribution is -2.39. The van der Waals surface area contributed by atoms with Crippen molar-refractivity contribution >= 4 is 39.1 Å². The van der Waals surface area contributed by atoms with Crippen molar-refractivity contribution in [3.8, 4) is 11.5 Å². The van der Waals surface area contributed by atoms with Gasteiger partial charge in [-0.25, -0.2) is 0 Å². The van der Waals surface area contributed by atoms with E-state index < -0.39 is 5.92 Å². The molecule has 0 fully saturated rings. The number of ketones is 2. The minimum atomic E-state index is -0.428. The van der Waals surface area contributed by atoms with Crippen LogP contribution in [0.15, 0.2) is 63.4 Å². The second kappa shape index (κ2) is 11.7. The monoisotopic (exact) mass is 597 g/mol. The van der Waals surface area contributed by atoms with E-state index in [1.807, 2.05) is 43.3 Å². The quantitative estimate of drug-likeness (QED) is 0.309. The lowest BCUT2D eigenvalue weighted by molar-refractivity contribution is -0.117. The molecule has 38 heavy (non-hydrogen) atoms. The van der Waals surface area contributed by atoms with Crippen LogP contribution in [0.3, 0.4) is 0 Å². The van der Waals surface area contributed by atoms with Crippen molar-refractivity contribution < 1.29 is 19.1 Å². The SMILES string of the molecule is CCCN1C2=C(C(=O)CCC2)C(c2cc(Cl)c(OCc3ccccc3Br)c(OCC)c2)C2=C1CCCC2=O. The fraction of sp³-hybridized carbons (Fsp3) is 0.419. The molecule has 5 nitrogen and oxygen atoms in total. The molecule has 2 aromatic carbocycles. The molecule has 0 saturated carbocycles. The summed E-state index contributed by atoms with van der Waals surface area (Å²) in [7, 11) is 0. The summed E-state index contributed by atoms with van der Waals surface area (Å²) in [6.45, 7) is 5.62. The molecule has 2 aromatic rings. The third kappa shape index (κ3) is 5.05. The van der Waals surface area contributed by atoms with Crippen LogP contribution in [0.1, 0.15) is 75.8 Å². The van der Waals surface area contributed by atoms with Gasteiger partial charge in [-0.1, -0.05) is 52.7 Å². The third-order valence-corrected chi connectivity index (χ3v) is 8.58. The number of carbonyl (C=O) groups excluding carboxylic acids is 2. The van der Waals surface area contributed by atoms with E-state index in [9.17, 15) is 9.59 Å². The lowest BCUT2D eigenvalue weighted by Gasteiger charge is -2.44. The molecule has 1 aliphatic heterocycles. The van der Waals surface area contributed by atoms with E-state index in [1.54, 1.807) is 0 Å². The second-order valence-electron chi connectivity index (χ2n) is 10.0. The minimum absolute atomic E-state index is 0.130. The number of halogens is 2. The van der Waals surface area contributed by atoms with Crippen molar-refractivity contribution in [3.05, 3.63) is 79.6 Å².